The smallest absolute Gasteiger partial charge is 0.416 e. The third kappa shape index (κ3) is 3.41. The highest BCUT2D eigenvalue weighted by molar-refractivity contribution is 6.01. The number of hydrogen-bond acceptors (Lipinski definition) is 6. The number of fused-ring (bicyclic) bond motifs is 1. The van der Waals surface area contributed by atoms with E-state index in [1.54, 1.807) is 18.0 Å². The average Bonchev–Trinajstić information content (AvgIpc) is 3.00. The Morgan fingerprint density at radius 1 is 1.21 bits per heavy atom. The van der Waals surface area contributed by atoms with E-state index in [4.69, 9.17) is 0 Å². The van der Waals surface area contributed by atoms with Gasteiger partial charge in [-0.2, -0.15) is 13.2 Å². The summed E-state index contributed by atoms with van der Waals surface area (Å²) in [7, 11) is 1.71. The van der Waals surface area contributed by atoms with Gasteiger partial charge in [-0.1, -0.05) is 0 Å². The van der Waals surface area contributed by atoms with Crippen LogP contribution in [-0.2, 0) is 11.0 Å². The maximum absolute atomic E-state index is 12.9. The second-order valence-corrected chi connectivity index (χ2v) is 6.79. The van der Waals surface area contributed by atoms with Crippen LogP contribution in [0.15, 0.2) is 36.7 Å². The Morgan fingerprint density at radius 2 is 2.00 bits per heavy atom. The van der Waals surface area contributed by atoms with E-state index in [0.717, 1.165) is 12.1 Å². The Kier molecular flexibility index (Phi) is 4.48. The number of likely N-dealkylation sites (tertiary alicyclic amines) is 1. The molecule has 3 heterocycles. The fraction of sp³-hybridized carbons (Fsp3) is 0.263. The lowest BCUT2D eigenvalue weighted by atomic mass is 10.0. The summed E-state index contributed by atoms with van der Waals surface area (Å²) in [5.74, 6) is -0.272. The third-order valence-electron chi connectivity index (χ3n) is 4.90. The standard InChI is InChI=1S/C19H16F3N5O2/c1-27-7-5-14(18(27)29)24-17-13-9-23-6-4-11(13)16(25-26-17)12-3-2-10(8-15(12)28)19(20,21)22/h2-4,6,8-9,14,28H,5,7H2,1H3,(H,24,26)/t14-/m1/s1. The molecule has 29 heavy (non-hydrogen) atoms. The Bertz CT molecular complexity index is 1100. The van der Waals surface area contributed by atoms with Crippen LogP contribution in [0.1, 0.15) is 12.0 Å². The molecular weight excluding hydrogens is 387 g/mol. The number of aromatic hydroxyl groups is 1. The van der Waals surface area contributed by atoms with Crippen molar-refractivity contribution < 1.29 is 23.1 Å². The van der Waals surface area contributed by atoms with Crippen LogP contribution in [0.5, 0.6) is 5.75 Å². The molecule has 7 nitrogen and oxygen atoms in total. The normalized spacial score (nSPS) is 17.2. The number of phenols is 1. The lowest BCUT2D eigenvalue weighted by Crippen LogP contribution is -2.31. The summed E-state index contributed by atoms with van der Waals surface area (Å²) in [6.45, 7) is 0.623. The number of amides is 1. The molecule has 10 heteroatoms. The van der Waals surface area contributed by atoms with Crippen LogP contribution >= 0.6 is 0 Å². The summed E-state index contributed by atoms with van der Waals surface area (Å²) in [6, 6.07) is 3.88. The predicted octanol–water partition coefficient (Wildman–Crippen LogP) is 3.06. The first-order valence-electron chi connectivity index (χ1n) is 8.78. The second kappa shape index (κ2) is 6.87. The van der Waals surface area contributed by atoms with Gasteiger partial charge in [-0.15, -0.1) is 10.2 Å². The minimum absolute atomic E-state index is 0.0618. The highest BCUT2D eigenvalue weighted by atomic mass is 19.4. The molecule has 1 fully saturated rings. The molecule has 3 aromatic rings. The van der Waals surface area contributed by atoms with Gasteiger partial charge in [0.15, 0.2) is 5.82 Å². The number of benzene rings is 1. The summed E-state index contributed by atoms with van der Waals surface area (Å²) in [5, 5.41) is 22.5. The van der Waals surface area contributed by atoms with E-state index in [0.29, 0.717) is 35.6 Å². The highest BCUT2D eigenvalue weighted by Gasteiger charge is 2.32. The van der Waals surface area contributed by atoms with Crippen molar-refractivity contribution in [2.75, 3.05) is 18.9 Å². The van der Waals surface area contributed by atoms with Gasteiger partial charge in [-0.3, -0.25) is 9.78 Å². The topological polar surface area (TPSA) is 91.2 Å². The Balaban J connectivity index is 1.77. The number of phenolic OH excluding ortho intramolecular Hbond substituents is 1. The molecule has 1 aliphatic rings. The average molecular weight is 403 g/mol. The van der Waals surface area contributed by atoms with Gasteiger partial charge in [-0.25, -0.2) is 0 Å². The highest BCUT2D eigenvalue weighted by Crippen LogP contribution is 2.38. The van der Waals surface area contributed by atoms with Gasteiger partial charge >= 0.3 is 6.18 Å². The molecule has 0 bridgehead atoms. The number of nitrogens with zero attached hydrogens (tertiary/aromatic N) is 4. The zero-order chi connectivity index (χ0) is 20.8. The summed E-state index contributed by atoms with van der Waals surface area (Å²) in [4.78, 5) is 17.8. The van der Waals surface area contributed by atoms with Crippen LogP contribution in [0, 0.1) is 0 Å². The first-order chi connectivity index (χ1) is 13.8. The number of anilines is 1. The first-order valence-corrected chi connectivity index (χ1v) is 8.78. The monoisotopic (exact) mass is 403 g/mol. The Hall–Kier alpha value is -3.43. The van der Waals surface area contributed by atoms with Crippen LogP contribution in [-0.4, -0.2) is 50.7 Å². The van der Waals surface area contributed by atoms with Gasteiger partial charge in [0, 0.05) is 42.3 Å². The number of nitrogens with one attached hydrogen (secondary N) is 1. The zero-order valence-corrected chi connectivity index (χ0v) is 15.2. The van der Waals surface area contributed by atoms with Crippen LogP contribution in [0.2, 0.25) is 0 Å². The van der Waals surface area contributed by atoms with Crippen LogP contribution < -0.4 is 5.32 Å². The van der Waals surface area contributed by atoms with Crippen LogP contribution in [0.4, 0.5) is 19.0 Å². The lowest BCUT2D eigenvalue weighted by Gasteiger charge is -2.15. The molecule has 1 atom stereocenters. The molecule has 2 aromatic heterocycles. The zero-order valence-electron chi connectivity index (χ0n) is 15.2. The van der Waals surface area contributed by atoms with E-state index in [-0.39, 0.29) is 17.2 Å². The summed E-state index contributed by atoms with van der Waals surface area (Å²) < 4.78 is 38.6. The largest absolute Gasteiger partial charge is 0.507 e. The van der Waals surface area contributed by atoms with Crippen molar-refractivity contribution in [2.24, 2.45) is 0 Å². The molecule has 0 spiro atoms. The third-order valence-corrected chi connectivity index (χ3v) is 4.90. The van der Waals surface area contributed by atoms with Crippen molar-refractivity contribution in [3.05, 3.63) is 42.2 Å². The number of alkyl halides is 3. The minimum Gasteiger partial charge on any atom is -0.507 e. The van der Waals surface area contributed by atoms with Gasteiger partial charge in [0.1, 0.15) is 17.5 Å². The minimum atomic E-state index is -4.57. The second-order valence-electron chi connectivity index (χ2n) is 6.79. The maximum Gasteiger partial charge on any atom is 0.416 e. The number of halogens is 3. The molecule has 0 aliphatic carbocycles. The molecule has 1 aromatic carbocycles. The molecule has 1 saturated heterocycles. The van der Waals surface area contributed by atoms with Gasteiger partial charge in [0.2, 0.25) is 5.91 Å². The fourth-order valence-electron chi connectivity index (χ4n) is 3.33. The predicted molar refractivity (Wildman–Crippen MR) is 99.1 cm³/mol. The van der Waals surface area contributed by atoms with Gasteiger partial charge in [0.25, 0.3) is 0 Å². The molecule has 150 valence electrons. The van der Waals surface area contributed by atoms with Crippen molar-refractivity contribution >= 4 is 22.5 Å². The molecule has 1 amide bonds. The van der Waals surface area contributed by atoms with Crippen molar-refractivity contribution in [2.45, 2.75) is 18.6 Å². The van der Waals surface area contributed by atoms with E-state index in [1.165, 1.54) is 12.4 Å². The van der Waals surface area contributed by atoms with E-state index >= 15 is 0 Å². The number of aromatic nitrogens is 3. The van der Waals surface area contributed by atoms with E-state index in [1.807, 2.05) is 0 Å². The lowest BCUT2D eigenvalue weighted by molar-refractivity contribution is -0.137. The summed E-state index contributed by atoms with van der Waals surface area (Å²) in [6.07, 6.45) is -0.921. The fourth-order valence-corrected chi connectivity index (χ4v) is 3.33. The van der Waals surface area contributed by atoms with Crippen molar-refractivity contribution in [1.82, 2.24) is 20.1 Å². The van der Waals surface area contributed by atoms with Crippen LogP contribution in [0.25, 0.3) is 22.0 Å². The molecule has 1 aliphatic heterocycles. The van der Waals surface area contributed by atoms with Gasteiger partial charge in [0.05, 0.1) is 5.56 Å². The molecular formula is C19H16F3N5O2. The van der Waals surface area contributed by atoms with E-state index < -0.39 is 23.5 Å². The molecule has 0 unspecified atom stereocenters. The van der Waals surface area contributed by atoms with Gasteiger partial charge < -0.3 is 15.3 Å². The number of pyridine rings is 1. The first kappa shape index (κ1) is 18.9. The Morgan fingerprint density at radius 3 is 2.66 bits per heavy atom. The van der Waals surface area contributed by atoms with Crippen molar-refractivity contribution in [3.63, 3.8) is 0 Å². The molecule has 2 N–H and O–H groups in total. The summed E-state index contributed by atoms with van der Waals surface area (Å²) >= 11 is 0. The number of carbonyl (C=O) groups is 1. The number of likely N-dealkylation sites (N-methyl/N-ethyl adjacent to an activating group) is 1. The SMILES string of the molecule is CN1CC[C@@H](Nc2nnc(-c3ccc(C(F)(F)F)cc3O)c3ccncc23)C1=O. The van der Waals surface area contributed by atoms with Gasteiger partial charge in [-0.05, 0) is 30.7 Å². The van der Waals surface area contributed by atoms with Crippen molar-refractivity contribution in [1.29, 1.82) is 0 Å². The quantitative estimate of drug-likeness (QED) is 0.699. The maximum atomic E-state index is 12.9. The molecule has 0 saturated carbocycles. The van der Waals surface area contributed by atoms with E-state index in [9.17, 15) is 23.1 Å². The Labute approximate surface area is 163 Å². The number of rotatable bonds is 3. The van der Waals surface area contributed by atoms with E-state index in [2.05, 4.69) is 20.5 Å². The molecule has 0 radical (unpaired) electrons. The van der Waals surface area contributed by atoms with Crippen LogP contribution in [0.3, 0.4) is 0 Å². The molecule has 4 rings (SSSR count). The number of hydrogen-bond donors (Lipinski definition) is 2. The van der Waals surface area contributed by atoms with Crippen molar-refractivity contribution in [3.8, 4) is 17.0 Å². The number of carbonyl (C=O) groups excluding carboxylic acids is 1. The summed E-state index contributed by atoms with van der Waals surface area (Å²) in [5.41, 5.74) is -0.626.